The Morgan fingerprint density at radius 1 is 1.31 bits per heavy atom. The zero-order valence-corrected chi connectivity index (χ0v) is 11.4. The summed E-state index contributed by atoms with van der Waals surface area (Å²) in [4.78, 5) is 4.26. The molecule has 0 aliphatic rings. The number of nitrogens with zero attached hydrogens (tertiary/aromatic N) is 1. The molecule has 0 saturated carbocycles. The standard InChI is InChI=1S/C12H23N3S/c1-4-12(5-2,6-3)14-8-7-10-9-16-11(13)15-10/h9,14H,4-8H2,1-3H3,(H2,13,15). The number of nitrogens with one attached hydrogen (secondary N) is 1. The molecule has 0 radical (unpaired) electrons. The molecule has 1 rings (SSSR count). The first-order valence-corrected chi connectivity index (χ1v) is 6.98. The van der Waals surface area contributed by atoms with Gasteiger partial charge in [-0.25, -0.2) is 4.98 Å². The molecule has 1 aromatic rings. The third-order valence-electron chi connectivity index (χ3n) is 3.48. The summed E-state index contributed by atoms with van der Waals surface area (Å²) in [7, 11) is 0. The van der Waals surface area contributed by atoms with Crippen LogP contribution in [0.2, 0.25) is 0 Å². The lowest BCUT2D eigenvalue weighted by Gasteiger charge is -2.32. The van der Waals surface area contributed by atoms with Crippen LogP contribution in [0.25, 0.3) is 0 Å². The van der Waals surface area contributed by atoms with Gasteiger partial charge in [0.05, 0.1) is 5.69 Å². The number of hydrogen-bond donors (Lipinski definition) is 2. The molecule has 0 fully saturated rings. The summed E-state index contributed by atoms with van der Waals surface area (Å²) in [5, 5.41) is 6.38. The van der Waals surface area contributed by atoms with Crippen molar-refractivity contribution in [2.75, 3.05) is 12.3 Å². The minimum Gasteiger partial charge on any atom is -0.375 e. The molecular formula is C12H23N3S. The Kier molecular flexibility index (Phi) is 5.22. The zero-order valence-electron chi connectivity index (χ0n) is 10.5. The van der Waals surface area contributed by atoms with Crippen LogP contribution in [-0.4, -0.2) is 17.1 Å². The maximum atomic E-state index is 5.60. The summed E-state index contributed by atoms with van der Waals surface area (Å²) in [5.74, 6) is 0. The van der Waals surface area contributed by atoms with Gasteiger partial charge in [-0.15, -0.1) is 11.3 Å². The minimum absolute atomic E-state index is 0.307. The van der Waals surface area contributed by atoms with Crippen LogP contribution in [0.4, 0.5) is 5.13 Å². The van der Waals surface area contributed by atoms with E-state index in [0.29, 0.717) is 10.7 Å². The van der Waals surface area contributed by atoms with Crippen LogP contribution in [0.3, 0.4) is 0 Å². The van der Waals surface area contributed by atoms with E-state index in [1.165, 1.54) is 30.6 Å². The maximum Gasteiger partial charge on any atom is 0.180 e. The van der Waals surface area contributed by atoms with E-state index in [2.05, 4.69) is 31.1 Å². The van der Waals surface area contributed by atoms with Gasteiger partial charge in [0.25, 0.3) is 0 Å². The van der Waals surface area contributed by atoms with Gasteiger partial charge in [-0.2, -0.15) is 0 Å². The van der Waals surface area contributed by atoms with E-state index in [-0.39, 0.29) is 0 Å². The SMILES string of the molecule is CCC(CC)(CC)NCCc1csc(N)n1. The third kappa shape index (κ3) is 3.46. The molecule has 3 nitrogen and oxygen atoms in total. The molecule has 1 heterocycles. The summed E-state index contributed by atoms with van der Waals surface area (Å²) in [6.07, 6.45) is 4.51. The highest BCUT2D eigenvalue weighted by atomic mass is 32.1. The molecule has 0 aliphatic heterocycles. The Bertz CT molecular complexity index is 297. The van der Waals surface area contributed by atoms with Gasteiger partial charge in [0.15, 0.2) is 5.13 Å². The van der Waals surface area contributed by atoms with Gasteiger partial charge in [0.2, 0.25) is 0 Å². The van der Waals surface area contributed by atoms with E-state index in [9.17, 15) is 0 Å². The molecule has 0 aromatic carbocycles. The van der Waals surface area contributed by atoms with Crippen molar-refractivity contribution in [3.63, 3.8) is 0 Å². The first-order valence-electron chi connectivity index (χ1n) is 6.10. The van der Waals surface area contributed by atoms with E-state index >= 15 is 0 Å². The molecule has 0 aliphatic carbocycles. The van der Waals surface area contributed by atoms with Crippen molar-refractivity contribution in [2.45, 2.75) is 52.0 Å². The number of nitrogens with two attached hydrogens (primary N) is 1. The van der Waals surface area contributed by atoms with Gasteiger partial charge in [0, 0.05) is 23.9 Å². The van der Waals surface area contributed by atoms with Crippen molar-refractivity contribution in [1.29, 1.82) is 0 Å². The summed E-state index contributed by atoms with van der Waals surface area (Å²) in [6, 6.07) is 0. The molecule has 0 spiro atoms. The quantitative estimate of drug-likeness (QED) is 0.772. The van der Waals surface area contributed by atoms with E-state index in [0.717, 1.165) is 18.7 Å². The third-order valence-corrected chi connectivity index (χ3v) is 4.20. The molecule has 16 heavy (non-hydrogen) atoms. The second-order valence-corrected chi connectivity index (χ2v) is 5.08. The van der Waals surface area contributed by atoms with Crippen LogP contribution >= 0.6 is 11.3 Å². The molecular weight excluding hydrogens is 218 g/mol. The average molecular weight is 241 g/mol. The first-order chi connectivity index (χ1) is 7.65. The lowest BCUT2D eigenvalue weighted by molar-refractivity contribution is 0.292. The molecule has 0 amide bonds. The van der Waals surface area contributed by atoms with Gasteiger partial charge in [-0.1, -0.05) is 20.8 Å². The van der Waals surface area contributed by atoms with Crippen LogP contribution in [0.5, 0.6) is 0 Å². The minimum atomic E-state index is 0.307. The second-order valence-electron chi connectivity index (χ2n) is 4.19. The lowest BCUT2D eigenvalue weighted by atomic mass is 9.90. The average Bonchev–Trinajstić information content (AvgIpc) is 2.71. The largest absolute Gasteiger partial charge is 0.375 e. The highest BCUT2D eigenvalue weighted by Gasteiger charge is 2.22. The monoisotopic (exact) mass is 241 g/mol. The normalized spacial score (nSPS) is 11.9. The van der Waals surface area contributed by atoms with Gasteiger partial charge in [-0.05, 0) is 19.3 Å². The second kappa shape index (κ2) is 6.21. The first kappa shape index (κ1) is 13.5. The molecule has 0 atom stereocenters. The number of rotatable bonds is 7. The molecule has 1 aromatic heterocycles. The summed E-state index contributed by atoms with van der Waals surface area (Å²) in [5.41, 5.74) is 7.01. The van der Waals surface area contributed by atoms with E-state index in [1.54, 1.807) is 0 Å². The molecule has 92 valence electrons. The molecule has 0 bridgehead atoms. The van der Waals surface area contributed by atoms with Crippen LogP contribution in [-0.2, 0) is 6.42 Å². The molecule has 4 heteroatoms. The van der Waals surface area contributed by atoms with Crippen molar-refractivity contribution in [1.82, 2.24) is 10.3 Å². The Labute approximate surface area is 102 Å². The molecule has 0 unspecified atom stereocenters. The summed E-state index contributed by atoms with van der Waals surface area (Å²) >= 11 is 1.52. The van der Waals surface area contributed by atoms with Crippen LogP contribution in [0.1, 0.15) is 45.7 Å². The van der Waals surface area contributed by atoms with Crippen molar-refractivity contribution in [3.8, 4) is 0 Å². The van der Waals surface area contributed by atoms with Crippen molar-refractivity contribution in [3.05, 3.63) is 11.1 Å². The van der Waals surface area contributed by atoms with Crippen LogP contribution in [0, 0.1) is 0 Å². The number of aromatic nitrogens is 1. The Morgan fingerprint density at radius 3 is 2.38 bits per heavy atom. The fourth-order valence-electron chi connectivity index (χ4n) is 2.02. The summed E-state index contributed by atoms with van der Waals surface area (Å²) in [6.45, 7) is 7.74. The predicted octanol–water partition coefficient (Wildman–Crippen LogP) is 2.83. The van der Waals surface area contributed by atoms with Crippen LogP contribution < -0.4 is 11.1 Å². The molecule has 3 N–H and O–H groups in total. The van der Waals surface area contributed by atoms with Gasteiger partial charge in [-0.3, -0.25) is 0 Å². The fraction of sp³-hybridized carbons (Fsp3) is 0.750. The number of nitrogen functional groups attached to an aromatic ring is 1. The maximum absolute atomic E-state index is 5.60. The number of hydrogen-bond acceptors (Lipinski definition) is 4. The van der Waals surface area contributed by atoms with Gasteiger partial charge < -0.3 is 11.1 Å². The Balaban J connectivity index is 2.39. The molecule has 0 saturated heterocycles. The van der Waals surface area contributed by atoms with E-state index in [4.69, 9.17) is 5.73 Å². The highest BCUT2D eigenvalue weighted by Crippen LogP contribution is 2.19. The fourth-order valence-corrected chi connectivity index (χ4v) is 2.62. The Morgan fingerprint density at radius 2 is 1.94 bits per heavy atom. The van der Waals surface area contributed by atoms with E-state index in [1.807, 2.05) is 5.38 Å². The predicted molar refractivity (Wildman–Crippen MR) is 71.8 cm³/mol. The van der Waals surface area contributed by atoms with Crippen molar-refractivity contribution >= 4 is 16.5 Å². The zero-order chi connectivity index (χ0) is 12.0. The lowest BCUT2D eigenvalue weighted by Crippen LogP contribution is -2.44. The topological polar surface area (TPSA) is 50.9 Å². The van der Waals surface area contributed by atoms with Crippen LogP contribution in [0.15, 0.2) is 5.38 Å². The van der Waals surface area contributed by atoms with E-state index < -0.39 is 0 Å². The number of anilines is 1. The van der Waals surface area contributed by atoms with Crippen molar-refractivity contribution < 1.29 is 0 Å². The van der Waals surface area contributed by atoms with Crippen molar-refractivity contribution in [2.24, 2.45) is 0 Å². The highest BCUT2D eigenvalue weighted by molar-refractivity contribution is 7.13. The number of thiazole rings is 1. The summed E-state index contributed by atoms with van der Waals surface area (Å²) < 4.78 is 0. The smallest absolute Gasteiger partial charge is 0.180 e. The van der Waals surface area contributed by atoms with Gasteiger partial charge in [0.1, 0.15) is 0 Å². The Hall–Kier alpha value is -0.610. The van der Waals surface area contributed by atoms with Gasteiger partial charge >= 0.3 is 0 Å².